The fourth-order valence-electron chi connectivity index (χ4n) is 2.68. The van der Waals surface area contributed by atoms with Crippen LogP contribution < -0.4 is 11.1 Å². The molecule has 1 fully saturated rings. The lowest BCUT2D eigenvalue weighted by molar-refractivity contribution is -0.126. The molecule has 3 N–H and O–H groups in total. The van der Waals surface area contributed by atoms with Gasteiger partial charge in [-0.3, -0.25) is 4.79 Å². The minimum Gasteiger partial charge on any atom is -0.355 e. The Morgan fingerprint density at radius 1 is 1.48 bits per heavy atom. The van der Waals surface area contributed by atoms with E-state index in [-0.39, 0.29) is 40.3 Å². The quantitative estimate of drug-likeness (QED) is 0.759. The predicted octanol–water partition coefficient (Wildman–Crippen LogP) is 1.11. The summed E-state index contributed by atoms with van der Waals surface area (Å²) in [6.07, 6.45) is 1.19. The molecule has 1 saturated heterocycles. The van der Waals surface area contributed by atoms with Crippen LogP contribution in [0.3, 0.4) is 0 Å². The third-order valence-electron chi connectivity index (χ3n) is 3.90. The summed E-state index contributed by atoms with van der Waals surface area (Å²) in [5.74, 6) is -0.628. The van der Waals surface area contributed by atoms with Crippen molar-refractivity contribution in [3.8, 4) is 6.07 Å². The first-order valence-electron chi connectivity index (χ1n) is 7.58. The number of carbonyl (C=O) groups excluding carboxylic acids is 1. The van der Waals surface area contributed by atoms with Gasteiger partial charge in [-0.15, -0.1) is 12.4 Å². The van der Waals surface area contributed by atoms with Crippen molar-refractivity contribution in [2.24, 2.45) is 11.7 Å². The summed E-state index contributed by atoms with van der Waals surface area (Å²) in [7, 11) is -3.89. The van der Waals surface area contributed by atoms with Crippen molar-refractivity contribution in [3.05, 3.63) is 28.8 Å². The minimum absolute atomic E-state index is 0. The standard InChI is InChI=1S/C15H19ClN4O3S.ClH/c16-13-4-1-5-14(12(13)9-18)24(22,23)20-8-2-3-11(10-20)15(21)19-7-6-17;/h1,4-5,11H,2-3,6-8,10,17H2,(H,19,21);1H. The molecule has 1 aromatic rings. The topological polar surface area (TPSA) is 116 Å². The van der Waals surface area contributed by atoms with E-state index in [0.717, 1.165) is 0 Å². The fraction of sp³-hybridized carbons (Fsp3) is 0.467. The molecule has 138 valence electrons. The zero-order valence-corrected chi connectivity index (χ0v) is 15.8. The van der Waals surface area contributed by atoms with E-state index in [2.05, 4.69) is 5.32 Å². The van der Waals surface area contributed by atoms with Crippen LogP contribution in [0.15, 0.2) is 23.1 Å². The van der Waals surface area contributed by atoms with Gasteiger partial charge in [-0.1, -0.05) is 17.7 Å². The van der Waals surface area contributed by atoms with Crippen LogP contribution in [-0.2, 0) is 14.8 Å². The SMILES string of the molecule is Cl.N#Cc1c(Cl)cccc1S(=O)(=O)N1CCCC(C(=O)NCCN)C1. The van der Waals surface area contributed by atoms with Gasteiger partial charge in [0.15, 0.2) is 0 Å². The summed E-state index contributed by atoms with van der Waals surface area (Å²) in [6.45, 7) is 1.07. The molecule has 1 aromatic carbocycles. The Hall–Kier alpha value is -1.37. The van der Waals surface area contributed by atoms with E-state index < -0.39 is 15.9 Å². The maximum absolute atomic E-state index is 12.9. The van der Waals surface area contributed by atoms with Gasteiger partial charge in [-0.2, -0.15) is 9.57 Å². The highest BCUT2D eigenvalue weighted by molar-refractivity contribution is 7.89. The summed E-state index contributed by atoms with van der Waals surface area (Å²) in [4.78, 5) is 12.0. The lowest BCUT2D eigenvalue weighted by atomic mass is 9.99. The van der Waals surface area contributed by atoms with E-state index in [1.165, 1.54) is 22.5 Å². The van der Waals surface area contributed by atoms with Gasteiger partial charge in [-0.25, -0.2) is 8.42 Å². The Bertz CT molecular complexity index is 765. The van der Waals surface area contributed by atoms with Gasteiger partial charge in [0.05, 0.1) is 16.5 Å². The number of hydrogen-bond acceptors (Lipinski definition) is 5. The Morgan fingerprint density at radius 2 is 2.20 bits per heavy atom. The molecule has 1 unspecified atom stereocenters. The Balaban J connectivity index is 0.00000312. The minimum atomic E-state index is -3.89. The molecule has 0 bridgehead atoms. The highest BCUT2D eigenvalue weighted by atomic mass is 35.5. The van der Waals surface area contributed by atoms with Crippen LogP contribution >= 0.6 is 24.0 Å². The van der Waals surface area contributed by atoms with Crippen molar-refractivity contribution in [3.63, 3.8) is 0 Å². The predicted molar refractivity (Wildman–Crippen MR) is 97.0 cm³/mol. The largest absolute Gasteiger partial charge is 0.355 e. The van der Waals surface area contributed by atoms with Gasteiger partial charge >= 0.3 is 0 Å². The molecular formula is C15H20Cl2N4O3S. The van der Waals surface area contributed by atoms with Crippen LogP contribution in [0.5, 0.6) is 0 Å². The molecule has 25 heavy (non-hydrogen) atoms. The lowest BCUT2D eigenvalue weighted by Gasteiger charge is -2.31. The number of carbonyl (C=O) groups is 1. The van der Waals surface area contributed by atoms with Crippen LogP contribution in [0, 0.1) is 17.2 Å². The summed E-state index contributed by atoms with van der Waals surface area (Å²) < 4.78 is 27.0. The first-order chi connectivity index (χ1) is 11.4. The normalized spacial score (nSPS) is 18.0. The molecule has 10 heteroatoms. The Morgan fingerprint density at radius 3 is 2.84 bits per heavy atom. The number of hydrogen-bond donors (Lipinski definition) is 2. The van der Waals surface area contributed by atoms with E-state index in [0.29, 0.717) is 32.5 Å². The van der Waals surface area contributed by atoms with Crippen LogP contribution in [0.4, 0.5) is 0 Å². The molecule has 0 aliphatic carbocycles. The third kappa shape index (κ3) is 4.84. The summed E-state index contributed by atoms with van der Waals surface area (Å²) >= 11 is 5.93. The van der Waals surface area contributed by atoms with E-state index in [4.69, 9.17) is 17.3 Å². The van der Waals surface area contributed by atoms with Crippen molar-refractivity contribution in [1.29, 1.82) is 5.26 Å². The Labute approximate surface area is 158 Å². The molecule has 0 spiro atoms. The maximum atomic E-state index is 12.9. The molecule has 1 aliphatic rings. The lowest BCUT2D eigenvalue weighted by Crippen LogP contribution is -2.46. The van der Waals surface area contributed by atoms with E-state index in [1.54, 1.807) is 0 Å². The van der Waals surface area contributed by atoms with Crippen molar-refractivity contribution in [2.75, 3.05) is 26.2 Å². The van der Waals surface area contributed by atoms with Gasteiger partial charge in [0.1, 0.15) is 11.0 Å². The van der Waals surface area contributed by atoms with Crippen LogP contribution in [0.1, 0.15) is 18.4 Å². The molecule has 1 amide bonds. The number of amides is 1. The molecule has 0 radical (unpaired) electrons. The molecule has 0 saturated carbocycles. The van der Waals surface area contributed by atoms with Crippen molar-refractivity contribution >= 4 is 39.9 Å². The number of sulfonamides is 1. The van der Waals surface area contributed by atoms with E-state index in [9.17, 15) is 18.5 Å². The molecule has 1 atom stereocenters. The Kier molecular flexibility index (Phi) is 8.12. The summed E-state index contributed by atoms with van der Waals surface area (Å²) in [6, 6.07) is 6.16. The molecule has 2 rings (SSSR count). The van der Waals surface area contributed by atoms with Crippen molar-refractivity contribution in [1.82, 2.24) is 9.62 Å². The number of rotatable bonds is 5. The van der Waals surface area contributed by atoms with Crippen LogP contribution in [-0.4, -0.2) is 44.8 Å². The third-order valence-corrected chi connectivity index (χ3v) is 6.13. The second kappa shape index (κ2) is 9.36. The summed E-state index contributed by atoms with van der Waals surface area (Å²) in [5.41, 5.74) is 5.29. The van der Waals surface area contributed by atoms with Crippen molar-refractivity contribution < 1.29 is 13.2 Å². The number of nitrogens with zero attached hydrogens (tertiary/aromatic N) is 2. The smallest absolute Gasteiger partial charge is 0.244 e. The maximum Gasteiger partial charge on any atom is 0.244 e. The fourth-order valence-corrected chi connectivity index (χ4v) is 4.64. The average molecular weight is 407 g/mol. The first kappa shape index (κ1) is 21.7. The number of piperidine rings is 1. The van der Waals surface area contributed by atoms with Gasteiger partial charge < -0.3 is 11.1 Å². The second-order valence-corrected chi connectivity index (χ2v) is 7.82. The molecule has 1 heterocycles. The van der Waals surface area contributed by atoms with Gasteiger partial charge in [0, 0.05) is 26.2 Å². The first-order valence-corrected chi connectivity index (χ1v) is 9.40. The molecule has 1 aliphatic heterocycles. The number of benzene rings is 1. The number of nitriles is 1. The van der Waals surface area contributed by atoms with Crippen LogP contribution in [0.2, 0.25) is 5.02 Å². The van der Waals surface area contributed by atoms with Gasteiger partial charge in [0.25, 0.3) is 0 Å². The van der Waals surface area contributed by atoms with E-state index >= 15 is 0 Å². The summed E-state index contributed by atoms with van der Waals surface area (Å²) in [5, 5.41) is 12.0. The second-order valence-electron chi connectivity index (χ2n) is 5.51. The average Bonchev–Trinajstić information content (AvgIpc) is 2.59. The van der Waals surface area contributed by atoms with Crippen LogP contribution in [0.25, 0.3) is 0 Å². The van der Waals surface area contributed by atoms with E-state index in [1.807, 2.05) is 6.07 Å². The zero-order valence-electron chi connectivity index (χ0n) is 13.4. The number of nitrogens with two attached hydrogens (primary N) is 1. The highest BCUT2D eigenvalue weighted by Crippen LogP contribution is 2.28. The molecule has 0 aromatic heterocycles. The zero-order chi connectivity index (χ0) is 17.7. The highest BCUT2D eigenvalue weighted by Gasteiger charge is 2.34. The number of halogens is 2. The van der Waals surface area contributed by atoms with Gasteiger partial charge in [-0.05, 0) is 25.0 Å². The monoisotopic (exact) mass is 406 g/mol. The van der Waals surface area contributed by atoms with Crippen molar-refractivity contribution in [2.45, 2.75) is 17.7 Å². The molecular weight excluding hydrogens is 387 g/mol. The molecule has 7 nitrogen and oxygen atoms in total. The number of nitrogens with one attached hydrogen (secondary N) is 1. The van der Waals surface area contributed by atoms with Gasteiger partial charge in [0.2, 0.25) is 15.9 Å².